The molecular weight excluding hydrogens is 235 g/mol. The maximum absolute atomic E-state index is 13.2. The van der Waals surface area contributed by atoms with Crippen molar-refractivity contribution >= 4 is 11.6 Å². The molecule has 92 valence electrons. The molecule has 17 heavy (non-hydrogen) atoms. The lowest BCUT2D eigenvalue weighted by Crippen LogP contribution is -2.32. The van der Waals surface area contributed by atoms with Gasteiger partial charge in [-0.3, -0.25) is 0 Å². The number of alkyl halides is 1. The zero-order valence-electron chi connectivity index (χ0n) is 9.96. The van der Waals surface area contributed by atoms with Gasteiger partial charge in [-0.05, 0) is 60.6 Å². The first kappa shape index (κ1) is 11.5. The van der Waals surface area contributed by atoms with Crippen LogP contribution in [0, 0.1) is 23.1 Å². The summed E-state index contributed by atoms with van der Waals surface area (Å²) in [6.45, 7) is 0. The van der Waals surface area contributed by atoms with Crippen LogP contribution in [0.5, 0.6) is 0 Å². The molecule has 0 nitrogen and oxygen atoms in total. The molecule has 3 rings (SSSR count). The monoisotopic (exact) mass is 252 g/mol. The molecule has 2 aliphatic carbocycles. The SMILES string of the molecule is Fc1cccc(CC2(CCl)CC3CCC2C3)c1. The molecule has 1 aromatic carbocycles. The Morgan fingerprint density at radius 3 is 2.82 bits per heavy atom. The van der Waals surface area contributed by atoms with Crippen molar-refractivity contribution in [1.82, 2.24) is 0 Å². The fraction of sp³-hybridized carbons (Fsp3) is 0.600. The topological polar surface area (TPSA) is 0 Å². The Balaban J connectivity index is 1.83. The van der Waals surface area contributed by atoms with Crippen LogP contribution in [-0.4, -0.2) is 5.88 Å². The van der Waals surface area contributed by atoms with E-state index in [4.69, 9.17) is 11.6 Å². The van der Waals surface area contributed by atoms with Crippen LogP contribution in [0.15, 0.2) is 24.3 Å². The van der Waals surface area contributed by atoms with E-state index in [1.165, 1.54) is 31.7 Å². The van der Waals surface area contributed by atoms with Crippen LogP contribution in [0.3, 0.4) is 0 Å². The van der Waals surface area contributed by atoms with Crippen molar-refractivity contribution in [2.75, 3.05) is 5.88 Å². The van der Waals surface area contributed by atoms with Crippen molar-refractivity contribution in [3.63, 3.8) is 0 Å². The van der Waals surface area contributed by atoms with E-state index in [1.807, 2.05) is 6.07 Å². The van der Waals surface area contributed by atoms with E-state index in [9.17, 15) is 4.39 Å². The lowest BCUT2D eigenvalue weighted by Gasteiger charge is -2.36. The Bertz CT molecular complexity index is 417. The normalized spacial score (nSPS) is 35.4. The lowest BCUT2D eigenvalue weighted by atomic mass is 9.71. The second-order valence-corrected chi connectivity index (χ2v) is 6.15. The molecular formula is C15H18ClF. The summed E-state index contributed by atoms with van der Waals surface area (Å²) in [6.07, 6.45) is 6.26. The van der Waals surface area contributed by atoms with Gasteiger partial charge in [-0.15, -0.1) is 11.6 Å². The van der Waals surface area contributed by atoms with Crippen LogP contribution in [0.25, 0.3) is 0 Å². The highest BCUT2D eigenvalue weighted by molar-refractivity contribution is 6.18. The van der Waals surface area contributed by atoms with Crippen LogP contribution in [0.4, 0.5) is 4.39 Å². The van der Waals surface area contributed by atoms with Gasteiger partial charge in [0, 0.05) is 5.88 Å². The highest BCUT2D eigenvalue weighted by Gasteiger charge is 2.50. The smallest absolute Gasteiger partial charge is 0.123 e. The molecule has 1 aromatic rings. The predicted molar refractivity (Wildman–Crippen MR) is 68.7 cm³/mol. The second kappa shape index (κ2) is 4.28. The van der Waals surface area contributed by atoms with Gasteiger partial charge in [0.1, 0.15) is 5.82 Å². The van der Waals surface area contributed by atoms with Crippen LogP contribution < -0.4 is 0 Å². The number of halogens is 2. The summed E-state index contributed by atoms with van der Waals surface area (Å²) in [6, 6.07) is 7.02. The predicted octanol–water partition coefficient (Wildman–Crippen LogP) is 4.41. The molecule has 0 heterocycles. The van der Waals surface area contributed by atoms with Gasteiger partial charge in [-0.1, -0.05) is 18.6 Å². The molecule has 2 heteroatoms. The molecule has 0 aliphatic heterocycles. The maximum atomic E-state index is 13.2. The number of fused-ring (bicyclic) bond motifs is 2. The van der Waals surface area contributed by atoms with E-state index in [2.05, 4.69) is 0 Å². The van der Waals surface area contributed by atoms with Gasteiger partial charge < -0.3 is 0 Å². The van der Waals surface area contributed by atoms with E-state index >= 15 is 0 Å². The first-order chi connectivity index (χ1) is 8.22. The zero-order valence-corrected chi connectivity index (χ0v) is 10.7. The fourth-order valence-corrected chi connectivity index (χ4v) is 4.46. The second-order valence-electron chi connectivity index (χ2n) is 5.88. The first-order valence-corrected chi connectivity index (χ1v) is 7.06. The van der Waals surface area contributed by atoms with E-state index in [-0.39, 0.29) is 11.2 Å². The highest BCUT2D eigenvalue weighted by Crippen LogP contribution is 2.57. The van der Waals surface area contributed by atoms with Crippen LogP contribution in [-0.2, 0) is 6.42 Å². The minimum Gasteiger partial charge on any atom is -0.207 e. The molecule has 2 saturated carbocycles. The lowest BCUT2D eigenvalue weighted by molar-refractivity contribution is 0.193. The summed E-state index contributed by atoms with van der Waals surface area (Å²) in [5.41, 5.74) is 1.36. The van der Waals surface area contributed by atoms with Crippen molar-refractivity contribution in [2.24, 2.45) is 17.3 Å². The quantitative estimate of drug-likeness (QED) is 0.699. The summed E-state index contributed by atoms with van der Waals surface area (Å²) in [4.78, 5) is 0. The Hall–Kier alpha value is -0.560. The summed E-state index contributed by atoms with van der Waals surface area (Å²) in [5, 5.41) is 0. The number of benzene rings is 1. The molecule has 0 N–H and O–H groups in total. The summed E-state index contributed by atoms with van der Waals surface area (Å²) < 4.78 is 13.2. The van der Waals surface area contributed by atoms with Gasteiger partial charge in [0.25, 0.3) is 0 Å². The molecule has 0 radical (unpaired) electrons. The fourth-order valence-electron chi connectivity index (χ4n) is 4.04. The van der Waals surface area contributed by atoms with Gasteiger partial charge >= 0.3 is 0 Å². The number of hydrogen-bond acceptors (Lipinski definition) is 0. The van der Waals surface area contributed by atoms with Crippen LogP contribution in [0.1, 0.15) is 31.2 Å². The standard InChI is InChI=1S/C15H18ClF/c16-10-15(9-12-4-5-13(15)6-12)8-11-2-1-3-14(17)7-11/h1-3,7,12-13H,4-6,8-10H2. The van der Waals surface area contributed by atoms with Crippen LogP contribution in [0.2, 0.25) is 0 Å². The third kappa shape index (κ3) is 1.99. The maximum Gasteiger partial charge on any atom is 0.123 e. The Labute approximate surface area is 107 Å². The zero-order chi connectivity index (χ0) is 11.9. The largest absolute Gasteiger partial charge is 0.207 e. The molecule has 0 saturated heterocycles. The van der Waals surface area contributed by atoms with Gasteiger partial charge in [-0.25, -0.2) is 4.39 Å². The van der Waals surface area contributed by atoms with Gasteiger partial charge in [0.15, 0.2) is 0 Å². The van der Waals surface area contributed by atoms with E-state index in [0.29, 0.717) is 0 Å². The molecule has 0 amide bonds. The van der Waals surface area contributed by atoms with Gasteiger partial charge in [0.2, 0.25) is 0 Å². The third-order valence-electron chi connectivity index (χ3n) is 4.81. The van der Waals surface area contributed by atoms with Gasteiger partial charge in [0.05, 0.1) is 0 Å². The summed E-state index contributed by atoms with van der Waals surface area (Å²) in [7, 11) is 0. The van der Waals surface area contributed by atoms with Gasteiger partial charge in [-0.2, -0.15) is 0 Å². The summed E-state index contributed by atoms with van der Waals surface area (Å²) >= 11 is 6.25. The van der Waals surface area contributed by atoms with E-state index < -0.39 is 0 Å². The minimum absolute atomic E-state index is 0.129. The highest BCUT2D eigenvalue weighted by atomic mass is 35.5. The molecule has 0 spiro atoms. The molecule has 2 bridgehead atoms. The average molecular weight is 253 g/mol. The van der Waals surface area contributed by atoms with Crippen molar-refractivity contribution in [3.8, 4) is 0 Å². The van der Waals surface area contributed by atoms with Crippen molar-refractivity contribution in [3.05, 3.63) is 35.6 Å². The Morgan fingerprint density at radius 1 is 1.35 bits per heavy atom. The molecule has 2 fully saturated rings. The number of rotatable bonds is 3. The van der Waals surface area contributed by atoms with Crippen molar-refractivity contribution in [2.45, 2.75) is 32.1 Å². The third-order valence-corrected chi connectivity index (χ3v) is 5.35. The molecule has 3 atom stereocenters. The van der Waals surface area contributed by atoms with Crippen LogP contribution >= 0.6 is 11.6 Å². The number of hydrogen-bond donors (Lipinski definition) is 0. The van der Waals surface area contributed by atoms with E-state index in [1.54, 1.807) is 12.1 Å². The molecule has 0 aromatic heterocycles. The summed E-state index contributed by atoms with van der Waals surface area (Å²) in [5.74, 6) is 2.25. The average Bonchev–Trinajstić information content (AvgIpc) is 2.89. The first-order valence-electron chi connectivity index (χ1n) is 6.52. The Morgan fingerprint density at radius 2 is 2.24 bits per heavy atom. The van der Waals surface area contributed by atoms with E-state index in [0.717, 1.165) is 29.7 Å². The Kier molecular flexibility index (Phi) is 2.90. The molecule has 3 unspecified atom stereocenters. The van der Waals surface area contributed by atoms with Crippen molar-refractivity contribution < 1.29 is 4.39 Å². The van der Waals surface area contributed by atoms with Crippen molar-refractivity contribution in [1.29, 1.82) is 0 Å². The minimum atomic E-state index is -0.129. The molecule has 2 aliphatic rings.